The summed E-state index contributed by atoms with van der Waals surface area (Å²) in [5.74, 6) is 0.288. The van der Waals surface area contributed by atoms with Crippen molar-refractivity contribution in [2.24, 2.45) is 11.7 Å². The van der Waals surface area contributed by atoms with Crippen LogP contribution in [0.25, 0.3) is 0 Å². The van der Waals surface area contributed by atoms with Crippen LogP contribution in [0, 0.1) is 5.92 Å². The Morgan fingerprint density at radius 3 is 2.35 bits per heavy atom. The van der Waals surface area contributed by atoms with Gasteiger partial charge in [0.05, 0.1) is 5.56 Å². The number of piperidine rings is 1. The first-order valence-electron chi connectivity index (χ1n) is 7.89. The molecule has 0 radical (unpaired) electrons. The van der Waals surface area contributed by atoms with Gasteiger partial charge < -0.3 is 10.6 Å². The average molecular weight is 330 g/mol. The zero-order valence-electron chi connectivity index (χ0n) is 13.7. The third-order valence-corrected chi connectivity index (χ3v) is 4.24. The molecule has 1 heterocycles. The van der Waals surface area contributed by atoms with E-state index in [1.807, 2.05) is 0 Å². The molecular weight excluding hydrogens is 305 g/mol. The van der Waals surface area contributed by atoms with Gasteiger partial charge in [0.1, 0.15) is 6.29 Å². The first-order valence-corrected chi connectivity index (χ1v) is 7.89. The summed E-state index contributed by atoms with van der Waals surface area (Å²) in [7, 11) is 1.50. The van der Waals surface area contributed by atoms with Crippen molar-refractivity contribution in [2.45, 2.75) is 32.4 Å². The molecule has 0 aromatic heterocycles. The SMILES string of the molecule is CCN1CCC(Cc2ccc(C=O)cc2C(F)(F)F)CC1.CN. The Balaban J connectivity index is 0.00000127. The lowest BCUT2D eigenvalue weighted by atomic mass is 9.88. The van der Waals surface area contributed by atoms with Gasteiger partial charge in [-0.1, -0.05) is 19.1 Å². The molecule has 1 aromatic carbocycles. The third-order valence-electron chi connectivity index (χ3n) is 4.24. The number of rotatable bonds is 4. The first-order chi connectivity index (χ1) is 10.9. The van der Waals surface area contributed by atoms with Crippen LogP contribution in [0.3, 0.4) is 0 Å². The predicted octanol–water partition coefficient (Wildman–Crippen LogP) is 3.37. The zero-order chi connectivity index (χ0) is 17.5. The number of nitrogens with zero attached hydrogens (tertiary/aromatic N) is 1. The van der Waals surface area contributed by atoms with E-state index in [9.17, 15) is 18.0 Å². The van der Waals surface area contributed by atoms with Gasteiger partial charge in [0.15, 0.2) is 0 Å². The number of alkyl halides is 3. The maximum atomic E-state index is 13.1. The predicted molar refractivity (Wildman–Crippen MR) is 85.5 cm³/mol. The minimum Gasteiger partial charge on any atom is -0.333 e. The Morgan fingerprint density at radius 2 is 1.87 bits per heavy atom. The van der Waals surface area contributed by atoms with Crippen molar-refractivity contribution in [3.05, 3.63) is 34.9 Å². The minimum absolute atomic E-state index is 0.0758. The molecule has 23 heavy (non-hydrogen) atoms. The van der Waals surface area contributed by atoms with Crippen molar-refractivity contribution in [1.82, 2.24) is 4.90 Å². The molecular formula is C17H25F3N2O. The molecule has 1 aliphatic rings. The summed E-state index contributed by atoms with van der Waals surface area (Å²) in [4.78, 5) is 13.0. The Labute approximate surface area is 135 Å². The van der Waals surface area contributed by atoms with Gasteiger partial charge in [0, 0.05) is 5.56 Å². The van der Waals surface area contributed by atoms with Gasteiger partial charge in [-0.2, -0.15) is 13.2 Å². The molecule has 0 saturated carbocycles. The van der Waals surface area contributed by atoms with Gasteiger partial charge in [0.25, 0.3) is 0 Å². The molecule has 0 spiro atoms. The van der Waals surface area contributed by atoms with Crippen LogP contribution in [0.5, 0.6) is 0 Å². The minimum atomic E-state index is -4.40. The quantitative estimate of drug-likeness (QED) is 0.861. The molecule has 1 aliphatic heterocycles. The van der Waals surface area contributed by atoms with Gasteiger partial charge in [0.2, 0.25) is 0 Å². The van der Waals surface area contributed by atoms with Crippen LogP contribution in [-0.4, -0.2) is 37.9 Å². The van der Waals surface area contributed by atoms with E-state index in [1.54, 1.807) is 0 Å². The third kappa shape index (κ3) is 5.62. The maximum absolute atomic E-state index is 13.1. The number of hydrogen-bond donors (Lipinski definition) is 1. The van der Waals surface area contributed by atoms with Gasteiger partial charge in [-0.15, -0.1) is 0 Å². The highest BCUT2D eigenvalue weighted by Gasteiger charge is 2.34. The smallest absolute Gasteiger partial charge is 0.333 e. The van der Waals surface area contributed by atoms with E-state index in [0.717, 1.165) is 38.5 Å². The molecule has 1 fully saturated rings. The molecule has 2 N–H and O–H groups in total. The molecule has 0 unspecified atom stereocenters. The molecule has 0 amide bonds. The average Bonchev–Trinajstić information content (AvgIpc) is 2.57. The van der Waals surface area contributed by atoms with E-state index in [0.29, 0.717) is 18.3 Å². The van der Waals surface area contributed by atoms with Gasteiger partial charge in [-0.25, -0.2) is 0 Å². The molecule has 130 valence electrons. The molecule has 1 saturated heterocycles. The first kappa shape index (κ1) is 19.6. The van der Waals surface area contributed by atoms with Crippen LogP contribution in [0.2, 0.25) is 0 Å². The molecule has 6 heteroatoms. The number of aldehydes is 1. The fraction of sp³-hybridized carbons (Fsp3) is 0.588. The Kier molecular flexibility index (Phi) is 7.72. The lowest BCUT2D eigenvalue weighted by Gasteiger charge is -2.31. The Bertz CT molecular complexity index is 495. The van der Waals surface area contributed by atoms with E-state index in [1.165, 1.54) is 19.2 Å². The molecule has 2 rings (SSSR count). The van der Waals surface area contributed by atoms with E-state index >= 15 is 0 Å². The van der Waals surface area contributed by atoms with E-state index in [-0.39, 0.29) is 11.5 Å². The Morgan fingerprint density at radius 1 is 1.26 bits per heavy atom. The van der Waals surface area contributed by atoms with Crippen molar-refractivity contribution in [2.75, 3.05) is 26.7 Å². The van der Waals surface area contributed by atoms with Crippen molar-refractivity contribution in [3.63, 3.8) is 0 Å². The van der Waals surface area contributed by atoms with Crippen LogP contribution >= 0.6 is 0 Å². The number of carbonyl (C=O) groups excluding carboxylic acids is 1. The van der Waals surface area contributed by atoms with Crippen LogP contribution < -0.4 is 5.73 Å². The number of hydrogen-bond acceptors (Lipinski definition) is 3. The van der Waals surface area contributed by atoms with Crippen molar-refractivity contribution in [3.8, 4) is 0 Å². The molecule has 0 aliphatic carbocycles. The van der Waals surface area contributed by atoms with Crippen molar-refractivity contribution < 1.29 is 18.0 Å². The highest BCUT2D eigenvalue weighted by molar-refractivity contribution is 5.75. The Hall–Kier alpha value is -1.40. The van der Waals surface area contributed by atoms with Gasteiger partial charge in [-0.3, -0.25) is 4.79 Å². The fourth-order valence-corrected chi connectivity index (χ4v) is 2.93. The number of nitrogens with two attached hydrogens (primary N) is 1. The maximum Gasteiger partial charge on any atom is 0.416 e. The lowest BCUT2D eigenvalue weighted by Crippen LogP contribution is -2.34. The summed E-state index contributed by atoms with van der Waals surface area (Å²) < 4.78 is 39.3. The lowest BCUT2D eigenvalue weighted by molar-refractivity contribution is -0.138. The van der Waals surface area contributed by atoms with Gasteiger partial charge in [-0.05, 0) is 63.5 Å². The number of carbonyl (C=O) groups is 1. The van der Waals surface area contributed by atoms with Crippen molar-refractivity contribution >= 4 is 6.29 Å². The second kappa shape index (κ2) is 9.03. The van der Waals surface area contributed by atoms with E-state index in [4.69, 9.17) is 0 Å². The second-order valence-electron chi connectivity index (χ2n) is 5.61. The monoisotopic (exact) mass is 330 g/mol. The second-order valence-corrected chi connectivity index (χ2v) is 5.61. The molecule has 0 bridgehead atoms. The summed E-state index contributed by atoms with van der Waals surface area (Å²) in [6, 6.07) is 3.89. The summed E-state index contributed by atoms with van der Waals surface area (Å²) in [5.41, 5.74) is 4.22. The fourth-order valence-electron chi connectivity index (χ4n) is 2.93. The van der Waals surface area contributed by atoms with E-state index < -0.39 is 11.7 Å². The van der Waals surface area contributed by atoms with Crippen LogP contribution in [0.1, 0.15) is 41.3 Å². The largest absolute Gasteiger partial charge is 0.416 e. The number of halogens is 3. The van der Waals surface area contributed by atoms with Gasteiger partial charge >= 0.3 is 6.18 Å². The van der Waals surface area contributed by atoms with Crippen LogP contribution in [-0.2, 0) is 12.6 Å². The zero-order valence-corrected chi connectivity index (χ0v) is 13.7. The van der Waals surface area contributed by atoms with E-state index in [2.05, 4.69) is 17.6 Å². The van der Waals surface area contributed by atoms with Crippen LogP contribution in [0.4, 0.5) is 13.2 Å². The molecule has 1 aromatic rings. The highest BCUT2D eigenvalue weighted by Crippen LogP contribution is 2.34. The molecule has 0 atom stereocenters. The van der Waals surface area contributed by atoms with Crippen molar-refractivity contribution in [1.29, 1.82) is 0 Å². The number of likely N-dealkylation sites (tertiary alicyclic amines) is 1. The summed E-state index contributed by atoms with van der Waals surface area (Å²) in [6.45, 7) is 5.00. The summed E-state index contributed by atoms with van der Waals surface area (Å²) >= 11 is 0. The highest BCUT2D eigenvalue weighted by atomic mass is 19.4. The normalized spacial score (nSPS) is 16.6. The molecule has 3 nitrogen and oxygen atoms in total. The van der Waals surface area contributed by atoms with Crippen LogP contribution in [0.15, 0.2) is 18.2 Å². The standard InChI is InChI=1S/C16H20F3NO.CH5N/c1-2-20-7-5-12(6-8-20)9-14-4-3-13(11-21)10-15(14)16(17,18)19;1-2/h3-4,10-12H,2,5-9H2,1H3;2H2,1H3. The summed E-state index contributed by atoms with van der Waals surface area (Å²) in [5, 5.41) is 0. The summed E-state index contributed by atoms with van der Waals surface area (Å²) in [6.07, 6.45) is -1.65. The topological polar surface area (TPSA) is 46.3 Å². The number of benzene rings is 1.